The van der Waals surface area contributed by atoms with Crippen molar-refractivity contribution in [3.8, 4) is 11.4 Å². The number of benzene rings is 1. The molecule has 0 spiro atoms. The average Bonchev–Trinajstić information content (AvgIpc) is 2.62. The van der Waals surface area contributed by atoms with Crippen molar-refractivity contribution in [1.29, 1.82) is 0 Å². The van der Waals surface area contributed by atoms with Gasteiger partial charge in [-0.15, -0.1) is 0 Å². The molecule has 3 rings (SSSR count). The molecule has 0 aliphatic rings. The summed E-state index contributed by atoms with van der Waals surface area (Å²) in [5.41, 5.74) is 0.293. The molecule has 0 aliphatic heterocycles. The number of rotatable bonds is 5. The van der Waals surface area contributed by atoms with E-state index in [0.29, 0.717) is 16.8 Å². The summed E-state index contributed by atoms with van der Waals surface area (Å²) >= 11 is 0. The number of nitrogens with zero attached hydrogens (tertiary/aromatic N) is 3. The largest absolute Gasteiger partial charge is 0.433 e. The number of halogens is 3. The molecule has 0 atom stereocenters. The second-order valence-electron chi connectivity index (χ2n) is 6.09. The highest BCUT2D eigenvalue weighted by Gasteiger charge is 2.34. The van der Waals surface area contributed by atoms with Crippen molar-refractivity contribution in [2.24, 2.45) is 0 Å². The molecule has 146 valence electrons. The first-order valence-electron chi connectivity index (χ1n) is 8.00. The normalized spacial score (nSPS) is 12.0. The fourth-order valence-corrected chi connectivity index (χ4v) is 3.21. The highest BCUT2D eigenvalue weighted by atomic mass is 32.2. The summed E-state index contributed by atoms with van der Waals surface area (Å²) in [5.74, 6) is -0.277. The molecule has 0 fully saturated rings. The maximum Gasteiger partial charge on any atom is 0.433 e. The lowest BCUT2D eigenvalue weighted by Gasteiger charge is -2.12. The van der Waals surface area contributed by atoms with E-state index in [2.05, 4.69) is 20.3 Å². The molecule has 2 aromatic heterocycles. The van der Waals surface area contributed by atoms with E-state index < -0.39 is 21.7 Å². The highest BCUT2D eigenvalue weighted by molar-refractivity contribution is 7.89. The maximum absolute atomic E-state index is 13.2. The molecule has 6 nitrogen and oxygen atoms in total. The van der Waals surface area contributed by atoms with Crippen LogP contribution in [0.25, 0.3) is 11.4 Å². The number of sulfone groups is 1. The van der Waals surface area contributed by atoms with Gasteiger partial charge in [-0.1, -0.05) is 12.1 Å². The van der Waals surface area contributed by atoms with Gasteiger partial charge in [0.05, 0.1) is 5.75 Å². The second kappa shape index (κ2) is 7.55. The third kappa shape index (κ3) is 5.26. The minimum atomic E-state index is -4.64. The van der Waals surface area contributed by atoms with Crippen LogP contribution in [0.4, 0.5) is 24.7 Å². The van der Waals surface area contributed by atoms with Crippen molar-refractivity contribution in [2.45, 2.75) is 11.9 Å². The smallest absolute Gasteiger partial charge is 0.340 e. The number of alkyl halides is 3. The van der Waals surface area contributed by atoms with E-state index in [-0.39, 0.29) is 17.4 Å². The lowest BCUT2D eigenvalue weighted by molar-refractivity contribution is -0.141. The number of pyridine rings is 1. The lowest BCUT2D eigenvalue weighted by Crippen LogP contribution is -2.11. The molecule has 0 unspecified atom stereocenters. The van der Waals surface area contributed by atoms with Crippen LogP contribution < -0.4 is 5.32 Å². The summed E-state index contributed by atoms with van der Waals surface area (Å²) in [6.07, 6.45) is -0.651. The van der Waals surface area contributed by atoms with Gasteiger partial charge >= 0.3 is 6.18 Å². The number of nitrogens with one attached hydrogen (secondary N) is 1. The minimum Gasteiger partial charge on any atom is -0.340 e. The molecule has 0 aliphatic carbocycles. The Kier molecular flexibility index (Phi) is 5.32. The zero-order chi connectivity index (χ0) is 20.4. The lowest BCUT2D eigenvalue weighted by atomic mass is 10.2. The molecule has 0 amide bonds. The number of aromatic nitrogens is 3. The summed E-state index contributed by atoms with van der Waals surface area (Å²) < 4.78 is 62.3. The van der Waals surface area contributed by atoms with Crippen LogP contribution in [0, 0.1) is 0 Å². The van der Waals surface area contributed by atoms with Crippen LogP contribution >= 0.6 is 0 Å². The first-order chi connectivity index (χ1) is 13.1. The standard InChI is InChI=1S/C18H15F3N4O2S/c1-28(26,27)11-12-4-6-14(7-5-12)23-16-9-15(18(19,20)21)24-17(25-16)13-3-2-8-22-10-13/h2-10H,11H2,1H3,(H,23,24,25). The average molecular weight is 408 g/mol. The van der Waals surface area contributed by atoms with E-state index in [1.165, 1.54) is 12.4 Å². The molecule has 1 aromatic carbocycles. The number of anilines is 2. The predicted octanol–water partition coefficient (Wildman–Crippen LogP) is 3.85. The van der Waals surface area contributed by atoms with Crippen molar-refractivity contribution < 1.29 is 21.6 Å². The van der Waals surface area contributed by atoms with Crippen LogP contribution in [-0.4, -0.2) is 29.6 Å². The zero-order valence-corrected chi connectivity index (χ0v) is 15.4. The Morgan fingerprint density at radius 2 is 1.79 bits per heavy atom. The quantitative estimate of drug-likeness (QED) is 0.690. The minimum absolute atomic E-state index is 0.0444. The van der Waals surface area contributed by atoms with Crippen molar-refractivity contribution in [2.75, 3.05) is 11.6 Å². The highest BCUT2D eigenvalue weighted by Crippen LogP contribution is 2.31. The molecule has 3 aromatic rings. The molecule has 28 heavy (non-hydrogen) atoms. The molecule has 0 radical (unpaired) electrons. The number of hydrogen-bond acceptors (Lipinski definition) is 6. The van der Waals surface area contributed by atoms with Gasteiger partial charge in [0, 0.05) is 36.0 Å². The SMILES string of the molecule is CS(=O)(=O)Cc1ccc(Nc2cc(C(F)(F)F)nc(-c3cccnc3)n2)cc1. The summed E-state index contributed by atoms with van der Waals surface area (Å²) in [4.78, 5) is 11.6. The van der Waals surface area contributed by atoms with Gasteiger partial charge in [0.15, 0.2) is 21.4 Å². The molecular weight excluding hydrogens is 393 g/mol. The van der Waals surface area contributed by atoms with Gasteiger partial charge in [0.25, 0.3) is 0 Å². The monoisotopic (exact) mass is 408 g/mol. The van der Waals surface area contributed by atoms with Gasteiger partial charge in [-0.05, 0) is 29.8 Å². The Labute approximate surface area is 159 Å². The zero-order valence-electron chi connectivity index (χ0n) is 14.6. The Morgan fingerprint density at radius 1 is 1.07 bits per heavy atom. The maximum atomic E-state index is 13.2. The fraction of sp³-hybridized carbons (Fsp3) is 0.167. The fourth-order valence-electron chi connectivity index (χ4n) is 2.42. The van der Waals surface area contributed by atoms with Crippen LogP contribution in [-0.2, 0) is 21.8 Å². The van der Waals surface area contributed by atoms with Crippen molar-refractivity contribution in [3.63, 3.8) is 0 Å². The van der Waals surface area contributed by atoms with Crippen LogP contribution in [0.2, 0.25) is 0 Å². The van der Waals surface area contributed by atoms with E-state index in [0.717, 1.165) is 12.3 Å². The molecule has 1 N–H and O–H groups in total. The van der Waals surface area contributed by atoms with Crippen LogP contribution in [0.1, 0.15) is 11.3 Å². The summed E-state index contributed by atoms with van der Waals surface area (Å²) in [5, 5.41) is 2.80. The van der Waals surface area contributed by atoms with E-state index in [1.807, 2.05) is 0 Å². The van der Waals surface area contributed by atoms with E-state index in [1.54, 1.807) is 36.4 Å². The van der Waals surface area contributed by atoms with Crippen molar-refractivity contribution >= 4 is 21.3 Å². The summed E-state index contributed by atoms with van der Waals surface area (Å²) in [6, 6.07) is 10.2. The first-order valence-corrected chi connectivity index (χ1v) is 10.1. The third-order valence-corrected chi connectivity index (χ3v) is 4.45. The number of hydrogen-bond donors (Lipinski definition) is 1. The van der Waals surface area contributed by atoms with Crippen LogP contribution in [0.15, 0.2) is 54.9 Å². The summed E-state index contributed by atoms with van der Waals surface area (Å²) in [7, 11) is -3.18. The van der Waals surface area contributed by atoms with E-state index >= 15 is 0 Å². The summed E-state index contributed by atoms with van der Waals surface area (Å²) in [6.45, 7) is 0. The van der Waals surface area contributed by atoms with Crippen LogP contribution in [0.3, 0.4) is 0 Å². The van der Waals surface area contributed by atoms with Gasteiger partial charge < -0.3 is 5.32 Å². The Hall–Kier alpha value is -3.01. The van der Waals surface area contributed by atoms with Gasteiger partial charge in [0.2, 0.25) is 0 Å². The van der Waals surface area contributed by atoms with Gasteiger partial charge in [-0.3, -0.25) is 4.98 Å². The Bertz CT molecular complexity index is 1070. The van der Waals surface area contributed by atoms with Crippen molar-refractivity contribution in [3.05, 3.63) is 66.1 Å². The van der Waals surface area contributed by atoms with Gasteiger partial charge in [-0.25, -0.2) is 18.4 Å². The third-order valence-electron chi connectivity index (χ3n) is 3.59. The molecule has 0 saturated heterocycles. The molecule has 0 saturated carbocycles. The predicted molar refractivity (Wildman–Crippen MR) is 98.5 cm³/mol. The van der Waals surface area contributed by atoms with E-state index in [9.17, 15) is 21.6 Å². The molecular formula is C18H15F3N4O2S. The van der Waals surface area contributed by atoms with Gasteiger partial charge in [0.1, 0.15) is 5.82 Å². The molecule has 2 heterocycles. The molecule has 0 bridgehead atoms. The van der Waals surface area contributed by atoms with E-state index in [4.69, 9.17) is 0 Å². The second-order valence-corrected chi connectivity index (χ2v) is 8.23. The Morgan fingerprint density at radius 3 is 2.36 bits per heavy atom. The van der Waals surface area contributed by atoms with Gasteiger partial charge in [-0.2, -0.15) is 13.2 Å². The van der Waals surface area contributed by atoms with Crippen LogP contribution in [0.5, 0.6) is 0 Å². The Balaban J connectivity index is 1.93. The topological polar surface area (TPSA) is 84.8 Å². The molecule has 10 heteroatoms. The van der Waals surface area contributed by atoms with Crippen molar-refractivity contribution in [1.82, 2.24) is 15.0 Å². The first kappa shape index (κ1) is 19.7.